The number of hydrogen-bond donors (Lipinski definition) is 3. The number of amides is 2. The van der Waals surface area contributed by atoms with Crippen LogP contribution in [0.3, 0.4) is 0 Å². The lowest BCUT2D eigenvalue weighted by Crippen LogP contribution is -2.30. The van der Waals surface area contributed by atoms with Gasteiger partial charge in [0.2, 0.25) is 11.8 Å². The zero-order chi connectivity index (χ0) is 28.3. The number of nitrogens with one attached hydrogen (secondary N) is 2. The molecule has 0 bridgehead atoms. The van der Waals surface area contributed by atoms with Crippen molar-refractivity contribution in [3.8, 4) is 11.6 Å². The molecule has 0 radical (unpaired) electrons. The first-order valence-corrected chi connectivity index (χ1v) is 14.7. The average Bonchev–Trinajstić information content (AvgIpc) is 3.73. The van der Waals surface area contributed by atoms with Crippen molar-refractivity contribution in [2.75, 3.05) is 5.32 Å². The second-order valence-corrected chi connectivity index (χ2v) is 11.3. The third kappa shape index (κ3) is 5.88. The lowest BCUT2D eigenvalue weighted by molar-refractivity contribution is -0.114. The number of anilines is 1. The van der Waals surface area contributed by atoms with Crippen LogP contribution in [0.25, 0.3) is 16.9 Å². The molecular formula is C31H31N5O4S. The Labute approximate surface area is 241 Å². The van der Waals surface area contributed by atoms with Crippen molar-refractivity contribution in [1.82, 2.24) is 19.9 Å². The smallest absolute Gasteiger partial charge is 0.251 e. The van der Waals surface area contributed by atoms with Gasteiger partial charge < -0.3 is 20.2 Å². The summed E-state index contributed by atoms with van der Waals surface area (Å²) < 4.78 is 7.90. The number of hydrogen-bond acceptors (Lipinski definition) is 7. The quantitative estimate of drug-likeness (QED) is 0.196. The minimum atomic E-state index is -0.458. The molecule has 6 rings (SSSR count). The molecule has 0 spiro atoms. The Morgan fingerprint density at radius 3 is 2.71 bits per heavy atom. The minimum Gasteiger partial charge on any atom is -0.508 e. The number of aromatic hydroxyl groups is 1. The molecule has 1 aliphatic carbocycles. The Morgan fingerprint density at radius 2 is 1.93 bits per heavy atom. The lowest BCUT2D eigenvalue weighted by Gasteiger charge is -2.21. The van der Waals surface area contributed by atoms with Crippen molar-refractivity contribution in [3.05, 3.63) is 88.9 Å². The molecule has 1 atom stereocenters. The summed E-state index contributed by atoms with van der Waals surface area (Å²) in [4.78, 5) is 34.1. The van der Waals surface area contributed by atoms with Crippen LogP contribution in [-0.2, 0) is 11.2 Å². The second kappa shape index (κ2) is 11.6. The van der Waals surface area contributed by atoms with Crippen LogP contribution in [0.1, 0.15) is 78.2 Å². The van der Waals surface area contributed by atoms with E-state index in [9.17, 15) is 14.7 Å². The highest BCUT2D eigenvalue weighted by molar-refractivity contribution is 7.13. The Kier molecular flexibility index (Phi) is 7.56. The number of carbonyl (C=O) groups excluding carboxylic acids is 2. The maximum atomic E-state index is 13.5. The van der Waals surface area contributed by atoms with E-state index in [1.807, 2.05) is 28.1 Å². The number of thiazole rings is 1. The molecule has 1 saturated carbocycles. The van der Waals surface area contributed by atoms with Gasteiger partial charge in [0.1, 0.15) is 12.1 Å². The molecule has 5 aromatic rings. The van der Waals surface area contributed by atoms with Gasteiger partial charge in [-0.2, -0.15) is 0 Å². The molecule has 2 aromatic carbocycles. The number of carbonyl (C=O) groups is 2. The summed E-state index contributed by atoms with van der Waals surface area (Å²) in [5, 5.41) is 17.8. The van der Waals surface area contributed by atoms with Gasteiger partial charge >= 0.3 is 0 Å². The molecule has 2 amide bonds. The number of imidazole rings is 1. The number of aromatic nitrogens is 3. The molecule has 1 fully saturated rings. The first kappa shape index (κ1) is 26.8. The number of nitrogens with zero attached hydrogens (tertiary/aromatic N) is 3. The summed E-state index contributed by atoms with van der Waals surface area (Å²) in [5.41, 5.74) is 4.81. The van der Waals surface area contributed by atoms with Gasteiger partial charge in [-0.15, -0.1) is 11.3 Å². The van der Waals surface area contributed by atoms with E-state index >= 15 is 0 Å². The topological polar surface area (TPSA) is 122 Å². The van der Waals surface area contributed by atoms with Gasteiger partial charge in [0.05, 0.1) is 29.0 Å². The SMILES string of the molecule is CC(=O)Nc1nc([C@H](Cc2ccc(O)cc2)NC(=O)c2ccc3c(c2)ncn3-c2occc2C2CCCCC2)cs1. The Bertz CT molecular complexity index is 1680. The Balaban J connectivity index is 1.25. The molecule has 1 aliphatic rings. The molecule has 3 aromatic heterocycles. The molecule has 0 aliphatic heterocycles. The predicted molar refractivity (Wildman–Crippen MR) is 158 cm³/mol. The van der Waals surface area contributed by atoms with E-state index in [0.717, 1.165) is 17.0 Å². The van der Waals surface area contributed by atoms with Gasteiger partial charge in [0, 0.05) is 23.4 Å². The van der Waals surface area contributed by atoms with Gasteiger partial charge in [0.15, 0.2) is 5.13 Å². The number of benzene rings is 2. The molecule has 41 heavy (non-hydrogen) atoms. The summed E-state index contributed by atoms with van der Waals surface area (Å²) in [6, 6.07) is 13.9. The third-order valence-electron chi connectivity index (χ3n) is 7.59. The fourth-order valence-corrected chi connectivity index (χ4v) is 6.35. The van der Waals surface area contributed by atoms with Gasteiger partial charge in [0.25, 0.3) is 5.91 Å². The van der Waals surface area contributed by atoms with Crippen molar-refractivity contribution in [3.63, 3.8) is 0 Å². The van der Waals surface area contributed by atoms with Crippen LogP contribution in [0.2, 0.25) is 0 Å². The van der Waals surface area contributed by atoms with Gasteiger partial charge in [-0.1, -0.05) is 31.4 Å². The zero-order valence-corrected chi connectivity index (χ0v) is 23.5. The third-order valence-corrected chi connectivity index (χ3v) is 8.37. The van der Waals surface area contributed by atoms with Crippen LogP contribution in [-0.4, -0.2) is 31.5 Å². The highest BCUT2D eigenvalue weighted by Crippen LogP contribution is 2.37. The fourth-order valence-electron chi connectivity index (χ4n) is 5.54. The standard InChI is InChI=1S/C31H31N5O4S/c1-19(37)33-31-35-27(17-41-31)25(15-20-7-10-23(38)11-8-20)34-29(39)22-9-12-28-26(16-22)32-18-36(28)30-24(13-14-40-30)21-5-3-2-4-6-21/h7-14,16-18,21,25,38H,2-6,15H2,1H3,(H,34,39)(H,33,35,37)/t25-/m0/s1. The maximum Gasteiger partial charge on any atom is 0.251 e. The van der Waals surface area contributed by atoms with Crippen LogP contribution >= 0.6 is 11.3 Å². The van der Waals surface area contributed by atoms with Crippen molar-refractivity contribution >= 4 is 39.3 Å². The molecule has 3 N–H and O–H groups in total. The number of phenols is 1. The van der Waals surface area contributed by atoms with E-state index < -0.39 is 6.04 Å². The molecule has 10 heteroatoms. The Morgan fingerprint density at radius 1 is 1.12 bits per heavy atom. The van der Waals surface area contributed by atoms with E-state index in [1.165, 1.54) is 55.9 Å². The maximum absolute atomic E-state index is 13.5. The highest BCUT2D eigenvalue weighted by atomic mass is 32.1. The molecule has 0 unspecified atom stereocenters. The Hall–Kier alpha value is -4.44. The number of rotatable bonds is 8. The van der Waals surface area contributed by atoms with Crippen LogP contribution in [0.15, 0.2) is 70.9 Å². The summed E-state index contributed by atoms with van der Waals surface area (Å²) in [6.45, 7) is 1.43. The van der Waals surface area contributed by atoms with Gasteiger partial charge in [-0.3, -0.25) is 14.2 Å². The van der Waals surface area contributed by atoms with Gasteiger partial charge in [-0.25, -0.2) is 9.97 Å². The number of furan rings is 1. The van der Waals surface area contributed by atoms with Crippen molar-refractivity contribution in [1.29, 1.82) is 0 Å². The molecule has 3 heterocycles. The summed E-state index contributed by atoms with van der Waals surface area (Å²) in [6.07, 6.45) is 10.1. The fraction of sp³-hybridized carbons (Fsp3) is 0.290. The van der Waals surface area contributed by atoms with Gasteiger partial charge in [-0.05, 0) is 67.1 Å². The minimum absolute atomic E-state index is 0.170. The highest BCUT2D eigenvalue weighted by Gasteiger charge is 2.24. The largest absolute Gasteiger partial charge is 0.508 e. The molecule has 0 saturated heterocycles. The van der Waals surface area contributed by atoms with Crippen LogP contribution < -0.4 is 10.6 Å². The zero-order valence-electron chi connectivity index (χ0n) is 22.7. The van der Waals surface area contributed by atoms with Crippen molar-refractivity contribution in [2.24, 2.45) is 0 Å². The first-order valence-electron chi connectivity index (χ1n) is 13.8. The summed E-state index contributed by atoms with van der Waals surface area (Å²) in [5.74, 6) is 0.980. The van der Waals surface area contributed by atoms with Crippen molar-refractivity contribution < 1.29 is 19.1 Å². The number of fused-ring (bicyclic) bond motifs is 1. The lowest BCUT2D eigenvalue weighted by atomic mass is 9.85. The second-order valence-electron chi connectivity index (χ2n) is 10.5. The van der Waals surface area contributed by atoms with Crippen molar-refractivity contribution in [2.45, 2.75) is 57.4 Å². The summed E-state index contributed by atoms with van der Waals surface area (Å²) >= 11 is 1.30. The molecule has 210 valence electrons. The van der Waals surface area contributed by atoms with E-state index in [2.05, 4.69) is 26.7 Å². The van der Waals surface area contributed by atoms with Crippen LogP contribution in [0, 0.1) is 0 Å². The first-order chi connectivity index (χ1) is 19.9. The summed E-state index contributed by atoms with van der Waals surface area (Å²) in [7, 11) is 0. The normalized spacial score (nSPS) is 14.7. The van der Waals surface area contributed by atoms with E-state index in [0.29, 0.717) is 34.2 Å². The van der Waals surface area contributed by atoms with Crippen LogP contribution in [0.4, 0.5) is 5.13 Å². The average molecular weight is 570 g/mol. The van der Waals surface area contributed by atoms with E-state index in [-0.39, 0.29) is 17.6 Å². The predicted octanol–water partition coefficient (Wildman–Crippen LogP) is 6.50. The monoisotopic (exact) mass is 569 g/mol. The molecular weight excluding hydrogens is 538 g/mol. The van der Waals surface area contributed by atoms with E-state index in [1.54, 1.807) is 36.9 Å². The van der Waals surface area contributed by atoms with E-state index in [4.69, 9.17) is 4.42 Å². The van der Waals surface area contributed by atoms with Crippen LogP contribution in [0.5, 0.6) is 5.75 Å². The molecule has 9 nitrogen and oxygen atoms in total. The number of phenolic OH excluding ortho intramolecular Hbond substituents is 1.